The van der Waals surface area contributed by atoms with Crippen LogP contribution in [0, 0.1) is 12.3 Å². The van der Waals surface area contributed by atoms with Crippen LogP contribution in [0.25, 0.3) is 0 Å². The molecule has 18 heavy (non-hydrogen) atoms. The molecule has 1 fully saturated rings. The summed E-state index contributed by atoms with van der Waals surface area (Å²) in [6.45, 7) is 3.87. The van der Waals surface area contributed by atoms with Gasteiger partial charge in [0.15, 0.2) is 0 Å². The number of halogens is 1. The number of amides is 1. The Morgan fingerprint density at radius 3 is 2.39 bits per heavy atom. The highest BCUT2D eigenvalue weighted by Gasteiger charge is 2.21. The molecule has 0 bridgehead atoms. The van der Waals surface area contributed by atoms with Crippen molar-refractivity contribution >= 4 is 21.8 Å². The van der Waals surface area contributed by atoms with Crippen LogP contribution in [0.5, 0.6) is 0 Å². The van der Waals surface area contributed by atoms with Crippen LogP contribution in [-0.2, 0) is 0 Å². The molecule has 1 heterocycles. The lowest BCUT2D eigenvalue weighted by atomic mass is 10.2. The molecular formula is C14H15BrN2O. The van der Waals surface area contributed by atoms with Crippen LogP contribution in [0.3, 0.4) is 0 Å². The average molecular weight is 307 g/mol. The van der Waals surface area contributed by atoms with Crippen LogP contribution in [0.1, 0.15) is 10.4 Å². The lowest BCUT2D eigenvalue weighted by molar-refractivity contribution is 0.0652. The zero-order valence-electron chi connectivity index (χ0n) is 10.1. The molecule has 0 atom stereocenters. The molecule has 1 amide bonds. The fraction of sp³-hybridized carbons (Fsp3) is 0.357. The van der Waals surface area contributed by atoms with Crippen LogP contribution >= 0.6 is 15.9 Å². The summed E-state index contributed by atoms with van der Waals surface area (Å²) < 4.78 is 0.984. The van der Waals surface area contributed by atoms with Gasteiger partial charge in [-0.2, -0.15) is 0 Å². The van der Waals surface area contributed by atoms with E-state index in [9.17, 15) is 4.79 Å². The first kappa shape index (κ1) is 13.1. The summed E-state index contributed by atoms with van der Waals surface area (Å²) >= 11 is 3.37. The Balaban J connectivity index is 1.95. The molecule has 0 saturated carbocycles. The molecule has 2 rings (SSSR count). The van der Waals surface area contributed by atoms with Gasteiger partial charge in [-0.1, -0.05) is 21.9 Å². The minimum atomic E-state index is 0.0999. The van der Waals surface area contributed by atoms with E-state index in [1.165, 1.54) is 0 Å². The summed E-state index contributed by atoms with van der Waals surface area (Å²) in [5.41, 5.74) is 0.739. The van der Waals surface area contributed by atoms with Crippen molar-refractivity contribution in [2.45, 2.75) is 0 Å². The highest BCUT2D eigenvalue weighted by Crippen LogP contribution is 2.13. The normalized spacial score (nSPS) is 16.3. The number of hydrogen-bond donors (Lipinski definition) is 0. The van der Waals surface area contributed by atoms with E-state index in [-0.39, 0.29) is 5.91 Å². The van der Waals surface area contributed by atoms with Gasteiger partial charge in [0.25, 0.3) is 5.91 Å². The fourth-order valence-corrected chi connectivity index (χ4v) is 2.28. The van der Waals surface area contributed by atoms with Gasteiger partial charge in [-0.15, -0.1) is 6.42 Å². The van der Waals surface area contributed by atoms with Gasteiger partial charge >= 0.3 is 0 Å². The number of benzene rings is 1. The van der Waals surface area contributed by atoms with Crippen molar-refractivity contribution < 1.29 is 4.79 Å². The van der Waals surface area contributed by atoms with Gasteiger partial charge < -0.3 is 4.90 Å². The second-order valence-corrected chi connectivity index (χ2v) is 5.20. The first-order valence-corrected chi connectivity index (χ1v) is 6.70. The van der Waals surface area contributed by atoms with Crippen LogP contribution < -0.4 is 0 Å². The Kier molecular flexibility index (Phi) is 4.40. The molecular weight excluding hydrogens is 292 g/mol. The molecule has 94 valence electrons. The second-order valence-electron chi connectivity index (χ2n) is 4.28. The predicted octanol–water partition coefficient (Wildman–Crippen LogP) is 1.84. The largest absolute Gasteiger partial charge is 0.336 e. The molecule has 1 aliphatic rings. The number of carbonyl (C=O) groups is 1. The third-order valence-corrected chi connectivity index (χ3v) is 3.59. The van der Waals surface area contributed by atoms with Crippen molar-refractivity contribution in [3.63, 3.8) is 0 Å². The topological polar surface area (TPSA) is 23.6 Å². The Bertz CT molecular complexity index is 456. The van der Waals surface area contributed by atoms with Gasteiger partial charge in [-0.25, -0.2) is 0 Å². The Morgan fingerprint density at radius 2 is 1.83 bits per heavy atom. The molecule has 0 unspecified atom stereocenters. The molecule has 1 aliphatic heterocycles. The maximum Gasteiger partial charge on any atom is 0.253 e. The molecule has 3 nitrogen and oxygen atoms in total. The first-order chi connectivity index (χ1) is 8.70. The van der Waals surface area contributed by atoms with Gasteiger partial charge in [0, 0.05) is 36.2 Å². The third kappa shape index (κ3) is 3.12. The zero-order valence-corrected chi connectivity index (χ0v) is 11.7. The minimum Gasteiger partial charge on any atom is -0.336 e. The van der Waals surface area contributed by atoms with E-state index in [4.69, 9.17) is 6.42 Å². The second kappa shape index (κ2) is 6.03. The molecule has 1 saturated heterocycles. The van der Waals surface area contributed by atoms with Crippen molar-refractivity contribution in [3.8, 4) is 12.3 Å². The van der Waals surface area contributed by atoms with Gasteiger partial charge in [0.2, 0.25) is 0 Å². The quantitative estimate of drug-likeness (QED) is 0.779. The van der Waals surface area contributed by atoms with Gasteiger partial charge in [-0.05, 0) is 24.3 Å². The molecule has 0 aromatic heterocycles. The highest BCUT2D eigenvalue weighted by atomic mass is 79.9. The Morgan fingerprint density at radius 1 is 1.22 bits per heavy atom. The van der Waals surface area contributed by atoms with E-state index in [0.717, 1.165) is 36.2 Å². The number of terminal acetylenes is 1. The smallest absolute Gasteiger partial charge is 0.253 e. The lowest BCUT2D eigenvalue weighted by Crippen LogP contribution is -2.48. The van der Waals surface area contributed by atoms with Gasteiger partial charge in [0.05, 0.1) is 6.54 Å². The van der Waals surface area contributed by atoms with Crippen molar-refractivity contribution in [3.05, 3.63) is 34.3 Å². The van der Waals surface area contributed by atoms with E-state index < -0.39 is 0 Å². The van der Waals surface area contributed by atoms with Gasteiger partial charge in [-0.3, -0.25) is 9.69 Å². The van der Waals surface area contributed by atoms with Crippen LogP contribution in [0.4, 0.5) is 0 Å². The highest BCUT2D eigenvalue weighted by molar-refractivity contribution is 9.10. The van der Waals surface area contributed by atoms with Crippen LogP contribution in [0.2, 0.25) is 0 Å². The molecule has 0 spiro atoms. The van der Waals surface area contributed by atoms with Crippen molar-refractivity contribution in [2.75, 3.05) is 32.7 Å². The summed E-state index contributed by atoms with van der Waals surface area (Å²) in [6, 6.07) is 7.48. The molecule has 4 heteroatoms. The molecule has 1 aromatic carbocycles. The van der Waals surface area contributed by atoms with E-state index in [2.05, 4.69) is 26.8 Å². The molecule has 0 N–H and O–H groups in total. The lowest BCUT2D eigenvalue weighted by Gasteiger charge is -2.33. The number of hydrogen-bond acceptors (Lipinski definition) is 2. The minimum absolute atomic E-state index is 0.0999. The van der Waals surface area contributed by atoms with E-state index in [1.54, 1.807) is 0 Å². The van der Waals surface area contributed by atoms with E-state index >= 15 is 0 Å². The summed E-state index contributed by atoms with van der Waals surface area (Å²) in [7, 11) is 0. The summed E-state index contributed by atoms with van der Waals surface area (Å²) in [5, 5.41) is 0. The maximum atomic E-state index is 12.2. The SMILES string of the molecule is C#CCN1CCN(C(=O)c2ccc(Br)cc2)CC1. The van der Waals surface area contributed by atoms with E-state index in [0.29, 0.717) is 6.54 Å². The summed E-state index contributed by atoms with van der Waals surface area (Å²) in [4.78, 5) is 16.3. The Hall–Kier alpha value is -1.31. The van der Waals surface area contributed by atoms with Crippen LogP contribution in [-0.4, -0.2) is 48.4 Å². The van der Waals surface area contributed by atoms with Gasteiger partial charge in [0.1, 0.15) is 0 Å². The third-order valence-electron chi connectivity index (χ3n) is 3.07. The van der Waals surface area contributed by atoms with E-state index in [1.807, 2.05) is 29.2 Å². The molecule has 0 radical (unpaired) electrons. The predicted molar refractivity (Wildman–Crippen MR) is 75.3 cm³/mol. The monoisotopic (exact) mass is 306 g/mol. The molecule has 0 aliphatic carbocycles. The average Bonchev–Trinajstić information content (AvgIpc) is 2.40. The molecule has 1 aromatic rings. The Labute approximate surface area is 116 Å². The van der Waals surface area contributed by atoms with Crippen molar-refractivity contribution in [1.82, 2.24) is 9.80 Å². The van der Waals surface area contributed by atoms with Crippen molar-refractivity contribution in [2.24, 2.45) is 0 Å². The standard InChI is InChI=1S/C14H15BrN2O/c1-2-7-16-8-10-17(11-9-16)14(18)12-3-5-13(15)6-4-12/h1,3-6H,7-11H2. The zero-order chi connectivity index (χ0) is 13.0. The number of piperazine rings is 1. The number of rotatable bonds is 2. The number of nitrogens with zero attached hydrogens (tertiary/aromatic N) is 2. The van der Waals surface area contributed by atoms with Crippen LogP contribution in [0.15, 0.2) is 28.7 Å². The number of carbonyl (C=O) groups excluding carboxylic acids is 1. The fourth-order valence-electron chi connectivity index (χ4n) is 2.01. The first-order valence-electron chi connectivity index (χ1n) is 5.91. The maximum absolute atomic E-state index is 12.2. The van der Waals surface area contributed by atoms with Crippen molar-refractivity contribution in [1.29, 1.82) is 0 Å². The summed E-state index contributed by atoms with van der Waals surface area (Å²) in [6.07, 6.45) is 5.28. The summed E-state index contributed by atoms with van der Waals surface area (Å²) in [5.74, 6) is 2.74.